The molecule has 0 saturated carbocycles. The Bertz CT molecular complexity index is 1130. The Morgan fingerprint density at radius 1 is 1.09 bits per heavy atom. The molecule has 2 heterocycles. The minimum atomic E-state index is -0.393. The molecule has 1 atom stereocenters. The lowest BCUT2D eigenvalue weighted by Crippen LogP contribution is -2.38. The maximum Gasteiger partial charge on any atom is 0.338 e. The summed E-state index contributed by atoms with van der Waals surface area (Å²) in [5.41, 5.74) is 4.30. The molecule has 34 heavy (non-hydrogen) atoms. The van der Waals surface area contributed by atoms with E-state index in [9.17, 15) is 9.59 Å². The van der Waals surface area contributed by atoms with E-state index in [0.717, 1.165) is 35.0 Å². The van der Waals surface area contributed by atoms with E-state index in [0.29, 0.717) is 18.5 Å². The van der Waals surface area contributed by atoms with Crippen LogP contribution >= 0.6 is 11.8 Å². The second-order valence-corrected chi connectivity index (χ2v) is 8.96. The molecule has 4 rings (SSSR count). The van der Waals surface area contributed by atoms with Crippen LogP contribution < -0.4 is 5.32 Å². The van der Waals surface area contributed by atoms with Gasteiger partial charge < -0.3 is 15.0 Å². The van der Waals surface area contributed by atoms with Crippen molar-refractivity contribution in [2.24, 2.45) is 4.99 Å². The van der Waals surface area contributed by atoms with E-state index < -0.39 is 5.97 Å². The summed E-state index contributed by atoms with van der Waals surface area (Å²) in [6.45, 7) is 2.60. The molecule has 176 valence electrons. The number of benzene rings is 2. The Kier molecular flexibility index (Phi) is 7.85. The molecule has 7 heteroatoms. The zero-order chi connectivity index (χ0) is 23.9. The molecule has 0 fully saturated rings. The maximum absolute atomic E-state index is 12.8. The molecule has 2 aliphatic rings. The van der Waals surface area contributed by atoms with Gasteiger partial charge in [-0.3, -0.25) is 4.79 Å². The monoisotopic (exact) mass is 475 g/mol. The summed E-state index contributed by atoms with van der Waals surface area (Å²) in [6, 6.07) is 19.7. The van der Waals surface area contributed by atoms with Crippen LogP contribution in [0.2, 0.25) is 0 Å². The number of thioether (sulfide) groups is 1. The van der Waals surface area contributed by atoms with Crippen molar-refractivity contribution in [1.29, 1.82) is 0 Å². The van der Waals surface area contributed by atoms with Crippen molar-refractivity contribution in [2.75, 3.05) is 13.7 Å². The van der Waals surface area contributed by atoms with Crippen LogP contribution in [-0.4, -0.2) is 35.6 Å². The maximum atomic E-state index is 12.8. The number of nitrogens with zero attached hydrogens (tertiary/aromatic N) is 2. The number of allylic oxidation sites excluding steroid dienone is 1. The molecule has 0 radical (unpaired) electrons. The molecule has 0 spiro atoms. The zero-order valence-electron chi connectivity index (χ0n) is 19.5. The van der Waals surface area contributed by atoms with Gasteiger partial charge in [0.15, 0.2) is 5.17 Å². The number of methoxy groups -OCH3 is 1. The molecule has 2 aromatic rings. The smallest absolute Gasteiger partial charge is 0.338 e. The largest absolute Gasteiger partial charge is 0.466 e. The summed E-state index contributed by atoms with van der Waals surface area (Å²) >= 11 is 1.49. The fourth-order valence-electron chi connectivity index (χ4n) is 4.26. The van der Waals surface area contributed by atoms with E-state index in [1.54, 1.807) is 0 Å². The van der Waals surface area contributed by atoms with Crippen LogP contribution in [0.15, 0.2) is 88.0 Å². The van der Waals surface area contributed by atoms with Crippen LogP contribution in [0.3, 0.4) is 0 Å². The fourth-order valence-corrected chi connectivity index (χ4v) is 5.19. The van der Waals surface area contributed by atoms with E-state index in [2.05, 4.69) is 17.4 Å². The van der Waals surface area contributed by atoms with Crippen molar-refractivity contribution in [3.8, 4) is 0 Å². The van der Waals surface area contributed by atoms with Gasteiger partial charge in [0.2, 0.25) is 5.91 Å². The Hall–Kier alpha value is -3.32. The minimum absolute atomic E-state index is 0.0436. The standard InChI is InChI=1S/C27H29N3O3S/c1-3-22-24(26(32)33-2)25(20-14-8-5-9-15-20)30-21(18-34-27(30)29-22)17-23(31)28-16-10-13-19-11-6-4-7-12-19/h4-9,11-12,14-15,18,25H,3,10,13,16-17H2,1-2H3,(H,28,31)/t25-/m1/s1. The number of ether oxygens (including phenoxy) is 1. The summed E-state index contributed by atoms with van der Waals surface area (Å²) in [7, 11) is 1.39. The number of amides is 1. The quantitative estimate of drug-likeness (QED) is 0.410. The number of hydrogen-bond acceptors (Lipinski definition) is 6. The van der Waals surface area contributed by atoms with Gasteiger partial charge >= 0.3 is 5.97 Å². The fraction of sp³-hybridized carbons (Fsp3) is 0.296. The Morgan fingerprint density at radius 3 is 2.47 bits per heavy atom. The first-order chi connectivity index (χ1) is 16.6. The first-order valence-corrected chi connectivity index (χ1v) is 12.4. The Morgan fingerprint density at radius 2 is 1.79 bits per heavy atom. The topological polar surface area (TPSA) is 71.0 Å². The highest BCUT2D eigenvalue weighted by atomic mass is 32.2. The van der Waals surface area contributed by atoms with Gasteiger partial charge in [-0.1, -0.05) is 79.3 Å². The SMILES string of the molecule is CCC1=C(C(=O)OC)[C@@H](c2ccccc2)N2C(CC(=O)NCCCc3ccccc3)=CSC2=N1. The highest BCUT2D eigenvalue weighted by molar-refractivity contribution is 8.16. The van der Waals surface area contributed by atoms with Gasteiger partial charge in [0, 0.05) is 12.2 Å². The molecule has 6 nitrogen and oxygen atoms in total. The van der Waals surface area contributed by atoms with Crippen LogP contribution in [0.5, 0.6) is 0 Å². The van der Waals surface area contributed by atoms with Crippen LogP contribution in [0.25, 0.3) is 0 Å². The Labute approximate surface area is 204 Å². The van der Waals surface area contributed by atoms with Crippen molar-refractivity contribution < 1.29 is 14.3 Å². The van der Waals surface area contributed by atoms with Gasteiger partial charge in [-0.25, -0.2) is 9.79 Å². The third kappa shape index (κ3) is 5.25. The van der Waals surface area contributed by atoms with E-state index >= 15 is 0 Å². The number of esters is 1. The first kappa shape index (κ1) is 23.8. The molecule has 0 bridgehead atoms. The van der Waals surface area contributed by atoms with Crippen LogP contribution in [0, 0.1) is 0 Å². The minimum Gasteiger partial charge on any atom is -0.466 e. The van der Waals surface area contributed by atoms with Crippen LogP contribution in [-0.2, 0) is 20.7 Å². The summed E-state index contributed by atoms with van der Waals surface area (Å²) < 4.78 is 5.14. The van der Waals surface area contributed by atoms with E-state index in [4.69, 9.17) is 9.73 Å². The van der Waals surface area contributed by atoms with E-state index in [1.807, 2.05) is 65.8 Å². The average molecular weight is 476 g/mol. The number of nitrogens with one attached hydrogen (secondary N) is 1. The predicted octanol–water partition coefficient (Wildman–Crippen LogP) is 4.96. The number of carbonyl (C=O) groups excluding carboxylic acids is 2. The van der Waals surface area contributed by atoms with Crippen molar-refractivity contribution in [3.63, 3.8) is 0 Å². The van der Waals surface area contributed by atoms with Gasteiger partial charge in [-0.2, -0.15) is 0 Å². The van der Waals surface area contributed by atoms with Gasteiger partial charge in [-0.05, 0) is 35.8 Å². The molecule has 0 aromatic heterocycles. The molecule has 1 amide bonds. The summed E-state index contributed by atoms with van der Waals surface area (Å²) in [6.07, 6.45) is 2.63. The van der Waals surface area contributed by atoms with Gasteiger partial charge in [0.05, 0.1) is 30.8 Å². The van der Waals surface area contributed by atoms with Crippen LogP contribution in [0.1, 0.15) is 43.4 Å². The number of rotatable bonds is 9. The molecule has 2 aliphatic heterocycles. The molecular weight excluding hydrogens is 446 g/mol. The number of hydrogen-bond donors (Lipinski definition) is 1. The third-order valence-corrected chi connectivity index (χ3v) is 6.78. The number of aryl methyl sites for hydroxylation is 1. The second-order valence-electron chi connectivity index (χ2n) is 8.13. The number of fused-ring (bicyclic) bond motifs is 1. The van der Waals surface area contributed by atoms with Crippen molar-refractivity contribution >= 4 is 28.8 Å². The molecule has 0 unspecified atom stereocenters. The summed E-state index contributed by atoms with van der Waals surface area (Å²) in [5.74, 6) is -0.437. The first-order valence-electron chi connectivity index (χ1n) is 11.5. The lowest BCUT2D eigenvalue weighted by atomic mass is 9.93. The third-order valence-electron chi connectivity index (χ3n) is 5.89. The molecular formula is C27H29N3O3S. The van der Waals surface area contributed by atoms with Gasteiger partial charge in [0.1, 0.15) is 0 Å². The van der Waals surface area contributed by atoms with Crippen molar-refractivity contribution in [2.45, 2.75) is 38.6 Å². The molecule has 2 aromatic carbocycles. The predicted molar refractivity (Wildman–Crippen MR) is 136 cm³/mol. The van der Waals surface area contributed by atoms with E-state index in [1.165, 1.54) is 24.4 Å². The van der Waals surface area contributed by atoms with E-state index in [-0.39, 0.29) is 18.4 Å². The molecule has 0 saturated heterocycles. The Balaban J connectivity index is 1.49. The van der Waals surface area contributed by atoms with Crippen molar-refractivity contribution in [1.82, 2.24) is 10.2 Å². The van der Waals surface area contributed by atoms with Crippen molar-refractivity contribution in [3.05, 3.63) is 94.2 Å². The average Bonchev–Trinajstić information content (AvgIpc) is 3.28. The van der Waals surface area contributed by atoms with Crippen LogP contribution in [0.4, 0.5) is 0 Å². The summed E-state index contributed by atoms with van der Waals surface area (Å²) in [4.78, 5) is 32.4. The second kappa shape index (κ2) is 11.2. The zero-order valence-corrected chi connectivity index (χ0v) is 20.3. The normalized spacial score (nSPS) is 17.1. The number of aliphatic imine (C=N–C) groups is 1. The van der Waals surface area contributed by atoms with Gasteiger partial charge in [0.25, 0.3) is 0 Å². The summed E-state index contributed by atoms with van der Waals surface area (Å²) in [5, 5.41) is 5.78. The number of amidine groups is 1. The number of carbonyl (C=O) groups is 2. The molecule has 1 N–H and O–H groups in total. The lowest BCUT2D eigenvalue weighted by Gasteiger charge is -2.36. The molecule has 0 aliphatic carbocycles. The van der Waals surface area contributed by atoms with Gasteiger partial charge in [-0.15, -0.1) is 0 Å². The highest BCUT2D eigenvalue weighted by Gasteiger charge is 2.41. The highest BCUT2D eigenvalue weighted by Crippen LogP contribution is 2.45. The lowest BCUT2D eigenvalue weighted by molar-refractivity contribution is -0.136.